The molecule has 1 atom stereocenters. The van der Waals surface area contributed by atoms with Gasteiger partial charge in [0.15, 0.2) is 0 Å². The molecule has 3 aromatic carbocycles. The molecular weight excluding hydrogens is 421 g/mol. The van der Waals surface area contributed by atoms with E-state index in [9.17, 15) is 22.4 Å². The number of nitrogens with one attached hydrogen (secondary N) is 2. The molecule has 160 valence electrons. The number of hydrogen-bond donors (Lipinski definition) is 3. The van der Waals surface area contributed by atoms with Crippen LogP contribution in [-0.4, -0.2) is 20.2 Å². The average Bonchev–Trinajstić information content (AvgIpc) is 2.74. The van der Waals surface area contributed by atoms with Crippen molar-refractivity contribution in [2.24, 2.45) is 5.73 Å². The lowest BCUT2D eigenvalue weighted by Gasteiger charge is -2.16. The van der Waals surface area contributed by atoms with Gasteiger partial charge in [0.05, 0.1) is 4.90 Å². The van der Waals surface area contributed by atoms with Crippen LogP contribution in [0.25, 0.3) is 0 Å². The van der Waals surface area contributed by atoms with E-state index in [-0.39, 0.29) is 16.1 Å². The van der Waals surface area contributed by atoms with Gasteiger partial charge in [0, 0.05) is 11.3 Å². The maximum Gasteiger partial charge on any atom is 0.261 e. The van der Waals surface area contributed by atoms with Crippen LogP contribution in [0.5, 0.6) is 0 Å². The largest absolute Gasteiger partial charge is 0.368 e. The van der Waals surface area contributed by atoms with Crippen molar-refractivity contribution in [3.05, 3.63) is 95.3 Å². The maximum absolute atomic E-state index is 13.8. The molecule has 3 aromatic rings. The second-order valence-corrected chi connectivity index (χ2v) is 8.50. The topological polar surface area (TPSA) is 118 Å². The Hall–Kier alpha value is -3.72. The summed E-state index contributed by atoms with van der Waals surface area (Å²) in [6.07, 6.45) is 0. The highest BCUT2D eigenvalue weighted by Gasteiger charge is 2.21. The SMILES string of the molecule is Cc1ccc(S(=O)(=O)Nc2cccc(C(=O)NC(C(N)=O)c3ccccc3)c2)cc1F. The molecule has 0 aliphatic rings. The summed E-state index contributed by atoms with van der Waals surface area (Å²) >= 11 is 0. The highest BCUT2D eigenvalue weighted by Crippen LogP contribution is 2.20. The molecule has 0 bridgehead atoms. The number of carbonyl (C=O) groups excluding carboxylic acids is 2. The number of amides is 2. The van der Waals surface area contributed by atoms with E-state index in [1.165, 1.54) is 43.3 Å². The molecule has 0 saturated carbocycles. The molecule has 7 nitrogen and oxygen atoms in total. The van der Waals surface area contributed by atoms with Gasteiger partial charge >= 0.3 is 0 Å². The summed E-state index contributed by atoms with van der Waals surface area (Å²) in [4.78, 5) is 24.2. The van der Waals surface area contributed by atoms with Crippen molar-refractivity contribution in [2.45, 2.75) is 17.9 Å². The van der Waals surface area contributed by atoms with Gasteiger partial charge in [-0.3, -0.25) is 14.3 Å². The number of carbonyl (C=O) groups is 2. The third-order valence-corrected chi connectivity index (χ3v) is 5.90. The van der Waals surface area contributed by atoms with Crippen molar-refractivity contribution >= 4 is 27.5 Å². The van der Waals surface area contributed by atoms with E-state index in [2.05, 4.69) is 10.0 Å². The standard InChI is InChI=1S/C22H20FN3O4S/c1-14-10-11-18(13-19(14)23)31(29,30)26-17-9-5-8-16(12-17)22(28)25-20(21(24)27)15-6-3-2-4-7-15/h2-13,20,26H,1H3,(H2,24,27)(H,25,28). The average molecular weight is 441 g/mol. The minimum Gasteiger partial charge on any atom is -0.368 e. The molecule has 0 aliphatic carbocycles. The second kappa shape index (κ2) is 8.97. The zero-order chi connectivity index (χ0) is 22.6. The fraction of sp³-hybridized carbons (Fsp3) is 0.0909. The van der Waals surface area contributed by atoms with Crippen molar-refractivity contribution in [2.75, 3.05) is 4.72 Å². The number of aryl methyl sites for hydroxylation is 1. The fourth-order valence-corrected chi connectivity index (χ4v) is 3.92. The number of benzene rings is 3. The molecule has 0 heterocycles. The van der Waals surface area contributed by atoms with E-state index in [1.807, 2.05) is 0 Å². The molecule has 0 fully saturated rings. The maximum atomic E-state index is 13.8. The van der Waals surface area contributed by atoms with Crippen LogP contribution in [0.1, 0.15) is 27.5 Å². The summed E-state index contributed by atoms with van der Waals surface area (Å²) in [7, 11) is -4.07. The summed E-state index contributed by atoms with van der Waals surface area (Å²) in [6.45, 7) is 1.52. The first-order valence-electron chi connectivity index (χ1n) is 9.21. The Morgan fingerprint density at radius 3 is 2.32 bits per heavy atom. The molecular formula is C22H20FN3O4S. The van der Waals surface area contributed by atoms with E-state index in [0.717, 1.165) is 6.07 Å². The van der Waals surface area contributed by atoms with Crippen LogP contribution >= 0.6 is 0 Å². The van der Waals surface area contributed by atoms with Crippen LogP contribution in [-0.2, 0) is 14.8 Å². The molecule has 0 saturated heterocycles. The van der Waals surface area contributed by atoms with E-state index in [4.69, 9.17) is 5.73 Å². The van der Waals surface area contributed by atoms with E-state index in [1.54, 1.807) is 30.3 Å². The number of anilines is 1. The summed E-state index contributed by atoms with van der Waals surface area (Å²) in [6, 6.07) is 16.7. The Balaban J connectivity index is 1.81. The minimum atomic E-state index is -4.07. The molecule has 0 aliphatic heterocycles. The number of nitrogens with two attached hydrogens (primary N) is 1. The predicted octanol–water partition coefficient (Wildman–Crippen LogP) is 2.89. The van der Waals surface area contributed by atoms with Crippen molar-refractivity contribution in [3.8, 4) is 0 Å². The number of sulfonamides is 1. The van der Waals surface area contributed by atoms with Gasteiger partial charge in [-0.05, 0) is 48.4 Å². The van der Waals surface area contributed by atoms with Crippen molar-refractivity contribution in [1.82, 2.24) is 5.32 Å². The molecule has 2 amide bonds. The summed E-state index contributed by atoms with van der Waals surface area (Å²) < 4.78 is 41.2. The van der Waals surface area contributed by atoms with Crippen LogP contribution in [0, 0.1) is 12.7 Å². The number of primary amides is 1. The Morgan fingerprint density at radius 2 is 1.68 bits per heavy atom. The van der Waals surface area contributed by atoms with Crippen molar-refractivity contribution in [1.29, 1.82) is 0 Å². The fourth-order valence-electron chi connectivity index (χ4n) is 2.86. The first kappa shape index (κ1) is 22.0. The predicted molar refractivity (Wildman–Crippen MR) is 114 cm³/mol. The zero-order valence-electron chi connectivity index (χ0n) is 16.5. The highest BCUT2D eigenvalue weighted by molar-refractivity contribution is 7.92. The number of halogens is 1. The Labute approximate surface area is 179 Å². The van der Waals surface area contributed by atoms with Crippen LogP contribution in [0.4, 0.5) is 10.1 Å². The van der Waals surface area contributed by atoms with Gasteiger partial charge in [0.1, 0.15) is 11.9 Å². The summed E-state index contributed by atoms with van der Waals surface area (Å²) in [5.41, 5.74) is 6.46. The van der Waals surface area contributed by atoms with Gasteiger partial charge in [-0.1, -0.05) is 42.5 Å². The smallest absolute Gasteiger partial charge is 0.261 e. The normalized spacial score (nSPS) is 12.1. The van der Waals surface area contributed by atoms with Gasteiger partial charge in [0.2, 0.25) is 5.91 Å². The van der Waals surface area contributed by atoms with Gasteiger partial charge in [-0.25, -0.2) is 12.8 Å². The quantitative estimate of drug-likeness (QED) is 0.522. The molecule has 1 unspecified atom stereocenters. The third kappa shape index (κ3) is 5.26. The minimum absolute atomic E-state index is 0.101. The van der Waals surface area contributed by atoms with Gasteiger partial charge in [0.25, 0.3) is 15.9 Å². The first-order valence-corrected chi connectivity index (χ1v) is 10.7. The number of hydrogen-bond acceptors (Lipinski definition) is 4. The van der Waals surface area contributed by atoms with Crippen LogP contribution < -0.4 is 15.8 Å². The zero-order valence-corrected chi connectivity index (χ0v) is 17.3. The molecule has 3 rings (SSSR count). The van der Waals surface area contributed by atoms with Crippen LogP contribution in [0.3, 0.4) is 0 Å². The molecule has 31 heavy (non-hydrogen) atoms. The lowest BCUT2D eigenvalue weighted by Crippen LogP contribution is -2.37. The molecule has 0 radical (unpaired) electrons. The van der Waals surface area contributed by atoms with Gasteiger partial charge in [-0.15, -0.1) is 0 Å². The highest BCUT2D eigenvalue weighted by atomic mass is 32.2. The Kier molecular flexibility index (Phi) is 6.36. The molecule has 9 heteroatoms. The van der Waals surface area contributed by atoms with E-state index in [0.29, 0.717) is 11.1 Å². The van der Waals surface area contributed by atoms with Gasteiger partial charge in [-0.2, -0.15) is 0 Å². The van der Waals surface area contributed by atoms with Crippen LogP contribution in [0.2, 0.25) is 0 Å². The second-order valence-electron chi connectivity index (χ2n) is 6.82. The Bertz CT molecular complexity index is 1230. The van der Waals surface area contributed by atoms with Crippen LogP contribution in [0.15, 0.2) is 77.7 Å². The molecule has 0 spiro atoms. The van der Waals surface area contributed by atoms with Crippen molar-refractivity contribution in [3.63, 3.8) is 0 Å². The lowest BCUT2D eigenvalue weighted by atomic mass is 10.1. The lowest BCUT2D eigenvalue weighted by molar-refractivity contribution is -0.120. The summed E-state index contributed by atoms with van der Waals surface area (Å²) in [5.74, 6) is -2.00. The number of rotatable bonds is 7. The first-order chi connectivity index (χ1) is 14.7. The Morgan fingerprint density at radius 1 is 0.968 bits per heavy atom. The third-order valence-electron chi connectivity index (χ3n) is 4.52. The molecule has 0 aromatic heterocycles. The monoisotopic (exact) mass is 441 g/mol. The van der Waals surface area contributed by atoms with Crippen molar-refractivity contribution < 1.29 is 22.4 Å². The molecule has 4 N–H and O–H groups in total. The van der Waals surface area contributed by atoms with Gasteiger partial charge < -0.3 is 11.1 Å². The van der Waals surface area contributed by atoms with E-state index >= 15 is 0 Å². The summed E-state index contributed by atoms with van der Waals surface area (Å²) in [5, 5.41) is 2.54. The van der Waals surface area contributed by atoms with E-state index < -0.39 is 33.7 Å².